The van der Waals surface area contributed by atoms with Crippen LogP contribution in [0.4, 0.5) is 11.4 Å². The van der Waals surface area contributed by atoms with Crippen molar-refractivity contribution in [2.45, 2.75) is 18.6 Å². The molecule has 7 heteroatoms. The number of nitrogens with one attached hydrogen (secondary N) is 1. The number of thioether (sulfide) groups is 2. The summed E-state index contributed by atoms with van der Waals surface area (Å²) in [6, 6.07) is 4.99. The lowest BCUT2D eigenvalue weighted by Crippen LogP contribution is -2.23. The molecule has 0 radical (unpaired) electrons. The minimum Gasteiger partial charge on any atom is -0.487 e. The lowest BCUT2D eigenvalue weighted by molar-refractivity contribution is -0.385. The van der Waals surface area contributed by atoms with Crippen LogP contribution in [0.15, 0.2) is 18.2 Å². The molecule has 2 rings (SSSR count). The molecule has 0 amide bonds. The van der Waals surface area contributed by atoms with E-state index < -0.39 is 4.92 Å². The molecule has 0 aromatic heterocycles. The molecular weight excluding hydrogens is 308 g/mol. The molecule has 0 spiro atoms. The minimum absolute atomic E-state index is 0.0246. The Morgan fingerprint density at radius 1 is 1.48 bits per heavy atom. The minimum atomic E-state index is -0.400. The van der Waals surface area contributed by atoms with Crippen LogP contribution in [0.5, 0.6) is 5.75 Å². The van der Waals surface area contributed by atoms with E-state index in [0.717, 1.165) is 24.4 Å². The zero-order chi connectivity index (χ0) is 15.1. The monoisotopic (exact) mass is 328 g/mol. The number of hydrogen-bond donors (Lipinski definition) is 1. The summed E-state index contributed by atoms with van der Waals surface area (Å²) in [6.45, 7) is 3.34. The van der Waals surface area contributed by atoms with Gasteiger partial charge in [0.15, 0.2) is 5.75 Å². The second kappa shape index (κ2) is 8.38. The van der Waals surface area contributed by atoms with Crippen molar-refractivity contribution in [2.24, 2.45) is 0 Å². The fourth-order valence-electron chi connectivity index (χ4n) is 1.99. The van der Waals surface area contributed by atoms with Gasteiger partial charge in [0.25, 0.3) is 0 Å². The number of ether oxygens (including phenoxy) is 1. The van der Waals surface area contributed by atoms with E-state index in [1.807, 2.05) is 30.4 Å². The third-order valence-corrected chi connectivity index (χ3v) is 5.88. The summed E-state index contributed by atoms with van der Waals surface area (Å²) < 4.78 is 5.49. The molecule has 1 fully saturated rings. The first kappa shape index (κ1) is 16.3. The van der Waals surface area contributed by atoms with Crippen LogP contribution in [0.2, 0.25) is 0 Å². The SMILES string of the molecule is CCCOc1cc(NCC2CSCCS2)ccc1[N+](=O)[O-]. The van der Waals surface area contributed by atoms with E-state index in [9.17, 15) is 10.1 Å². The highest BCUT2D eigenvalue weighted by atomic mass is 32.2. The van der Waals surface area contributed by atoms with Crippen molar-refractivity contribution in [2.75, 3.05) is 35.7 Å². The largest absolute Gasteiger partial charge is 0.487 e. The first-order chi connectivity index (χ1) is 10.2. The molecule has 1 unspecified atom stereocenters. The maximum Gasteiger partial charge on any atom is 0.311 e. The number of nitrogens with zero attached hydrogens (tertiary/aromatic N) is 1. The molecule has 116 valence electrons. The topological polar surface area (TPSA) is 64.4 Å². The van der Waals surface area contributed by atoms with Crippen molar-refractivity contribution >= 4 is 34.9 Å². The van der Waals surface area contributed by atoms with Crippen LogP contribution < -0.4 is 10.1 Å². The Balaban J connectivity index is 2.00. The summed E-state index contributed by atoms with van der Waals surface area (Å²) in [7, 11) is 0. The van der Waals surface area contributed by atoms with E-state index in [0.29, 0.717) is 17.6 Å². The average Bonchev–Trinajstić information content (AvgIpc) is 2.51. The standard InChI is InChI=1S/C14H20N2O3S2/c1-2-5-19-14-8-11(3-4-13(14)16(17)18)15-9-12-10-20-6-7-21-12/h3-4,8,12,15H,2,5-7,9-10H2,1H3. The van der Waals surface area contributed by atoms with E-state index >= 15 is 0 Å². The molecule has 1 N–H and O–H groups in total. The van der Waals surface area contributed by atoms with Gasteiger partial charge >= 0.3 is 5.69 Å². The molecule has 0 saturated carbocycles. The summed E-state index contributed by atoms with van der Waals surface area (Å²) in [5.74, 6) is 3.93. The van der Waals surface area contributed by atoms with Gasteiger partial charge in [-0.25, -0.2) is 0 Å². The molecule has 1 heterocycles. The zero-order valence-corrected chi connectivity index (χ0v) is 13.7. The summed E-state index contributed by atoms with van der Waals surface area (Å²) in [5, 5.41) is 15.0. The van der Waals surface area contributed by atoms with Gasteiger partial charge in [0, 0.05) is 46.9 Å². The lowest BCUT2D eigenvalue weighted by Gasteiger charge is -2.21. The Morgan fingerprint density at radius 2 is 2.33 bits per heavy atom. The van der Waals surface area contributed by atoms with Crippen LogP contribution in [-0.4, -0.2) is 40.6 Å². The van der Waals surface area contributed by atoms with Crippen molar-refractivity contribution in [3.63, 3.8) is 0 Å². The van der Waals surface area contributed by atoms with Gasteiger partial charge in [-0.3, -0.25) is 10.1 Å². The Labute approximate surface area is 133 Å². The molecule has 1 aliphatic rings. The number of rotatable bonds is 7. The second-order valence-corrected chi connectivity index (χ2v) is 7.29. The quantitative estimate of drug-likeness (QED) is 0.609. The van der Waals surface area contributed by atoms with E-state index in [2.05, 4.69) is 5.32 Å². The summed E-state index contributed by atoms with van der Waals surface area (Å²) in [4.78, 5) is 10.6. The van der Waals surface area contributed by atoms with E-state index in [1.54, 1.807) is 12.1 Å². The molecule has 1 aliphatic heterocycles. The van der Waals surface area contributed by atoms with Crippen LogP contribution >= 0.6 is 23.5 Å². The van der Waals surface area contributed by atoms with Gasteiger partial charge < -0.3 is 10.1 Å². The smallest absolute Gasteiger partial charge is 0.311 e. The number of anilines is 1. The third kappa shape index (κ3) is 5.00. The first-order valence-corrected chi connectivity index (χ1v) is 9.25. The average molecular weight is 328 g/mol. The zero-order valence-electron chi connectivity index (χ0n) is 12.0. The van der Waals surface area contributed by atoms with Crippen molar-refractivity contribution in [3.05, 3.63) is 28.3 Å². The highest BCUT2D eigenvalue weighted by molar-refractivity contribution is 8.06. The van der Waals surface area contributed by atoms with Crippen LogP contribution in [0, 0.1) is 10.1 Å². The summed E-state index contributed by atoms with van der Waals surface area (Å²) >= 11 is 3.97. The molecule has 1 atom stereocenters. The molecular formula is C14H20N2O3S2. The molecule has 5 nitrogen and oxygen atoms in total. The normalized spacial score (nSPS) is 18.2. The maximum absolute atomic E-state index is 11.0. The van der Waals surface area contributed by atoms with Gasteiger partial charge in [0.05, 0.1) is 11.5 Å². The van der Waals surface area contributed by atoms with E-state index in [-0.39, 0.29) is 5.69 Å². The molecule has 1 saturated heterocycles. The predicted octanol–water partition coefficient (Wildman–Crippen LogP) is 3.64. The van der Waals surface area contributed by atoms with Crippen LogP contribution in [0.3, 0.4) is 0 Å². The highest BCUT2D eigenvalue weighted by Gasteiger charge is 2.17. The van der Waals surface area contributed by atoms with Gasteiger partial charge in [0.2, 0.25) is 0 Å². The summed E-state index contributed by atoms with van der Waals surface area (Å²) in [5.41, 5.74) is 0.902. The number of nitro benzene ring substituents is 1. The van der Waals surface area contributed by atoms with Crippen LogP contribution in [0.25, 0.3) is 0 Å². The van der Waals surface area contributed by atoms with Crippen molar-refractivity contribution in [3.8, 4) is 5.75 Å². The van der Waals surface area contributed by atoms with Crippen LogP contribution in [0.1, 0.15) is 13.3 Å². The van der Waals surface area contributed by atoms with E-state index in [1.165, 1.54) is 17.6 Å². The van der Waals surface area contributed by atoms with Crippen molar-refractivity contribution in [1.82, 2.24) is 0 Å². The fourth-order valence-corrected chi connectivity index (χ4v) is 4.60. The Bertz CT molecular complexity index is 479. The van der Waals surface area contributed by atoms with E-state index in [4.69, 9.17) is 4.74 Å². The highest BCUT2D eigenvalue weighted by Crippen LogP contribution is 2.31. The Kier molecular flexibility index (Phi) is 6.50. The predicted molar refractivity (Wildman–Crippen MR) is 90.9 cm³/mol. The first-order valence-electron chi connectivity index (χ1n) is 7.05. The number of nitro groups is 1. The van der Waals surface area contributed by atoms with Gasteiger partial charge in [-0.1, -0.05) is 6.92 Å². The second-order valence-electron chi connectivity index (χ2n) is 4.74. The Morgan fingerprint density at radius 3 is 3.00 bits per heavy atom. The summed E-state index contributed by atoms with van der Waals surface area (Å²) in [6.07, 6.45) is 0.824. The van der Waals surface area contributed by atoms with Crippen molar-refractivity contribution in [1.29, 1.82) is 0 Å². The molecule has 0 bridgehead atoms. The Hall–Kier alpha value is -1.08. The maximum atomic E-state index is 11.0. The third-order valence-electron chi connectivity index (χ3n) is 3.04. The lowest BCUT2D eigenvalue weighted by atomic mass is 10.2. The molecule has 21 heavy (non-hydrogen) atoms. The number of hydrogen-bond acceptors (Lipinski definition) is 6. The van der Waals surface area contributed by atoms with Gasteiger partial charge in [-0.15, -0.1) is 0 Å². The number of benzene rings is 1. The van der Waals surface area contributed by atoms with Gasteiger partial charge in [-0.05, 0) is 12.5 Å². The van der Waals surface area contributed by atoms with Gasteiger partial charge in [-0.2, -0.15) is 23.5 Å². The molecule has 0 aliphatic carbocycles. The molecule has 1 aromatic carbocycles. The van der Waals surface area contributed by atoms with Crippen LogP contribution in [-0.2, 0) is 0 Å². The fraction of sp³-hybridized carbons (Fsp3) is 0.571. The molecule has 1 aromatic rings. The van der Waals surface area contributed by atoms with Crippen molar-refractivity contribution < 1.29 is 9.66 Å². The van der Waals surface area contributed by atoms with Gasteiger partial charge in [0.1, 0.15) is 0 Å².